The molecule has 3 rings (SSSR count). The van der Waals surface area contributed by atoms with Crippen LogP contribution in [0.1, 0.15) is 34.7 Å². The van der Waals surface area contributed by atoms with Crippen LogP contribution in [-0.4, -0.2) is 14.5 Å². The molecule has 0 atom stereocenters. The molecule has 0 fully saturated rings. The van der Waals surface area contributed by atoms with Gasteiger partial charge in [-0.3, -0.25) is 4.79 Å². The second-order valence-corrected chi connectivity index (χ2v) is 4.47. The van der Waals surface area contributed by atoms with Gasteiger partial charge < -0.3 is 18.4 Å². The number of benzene rings is 1. The molecule has 0 aliphatic rings. The fraction of sp³-hybridized carbons (Fsp3) is 0.250. The van der Waals surface area contributed by atoms with Crippen molar-refractivity contribution in [1.29, 1.82) is 0 Å². The number of rotatable bonds is 2. The monoisotopic (exact) mass is 366 g/mol. The molecular formula is C20H29KN3O-. The number of H-pyrrole nitrogens is 1. The van der Waals surface area contributed by atoms with Crippen molar-refractivity contribution >= 4 is 24.2 Å². The molecule has 132 valence electrons. The Hall–Kier alpha value is -0.984. The van der Waals surface area contributed by atoms with E-state index in [-0.39, 0.29) is 65.8 Å². The summed E-state index contributed by atoms with van der Waals surface area (Å²) in [4.78, 5) is 18.6. The minimum absolute atomic E-state index is 0. The molecule has 0 spiro atoms. The minimum Gasteiger partial charge on any atom is -1.00 e. The van der Waals surface area contributed by atoms with Gasteiger partial charge in [0.25, 0.3) is 5.56 Å². The van der Waals surface area contributed by atoms with Crippen molar-refractivity contribution < 1.29 is 52.8 Å². The molecule has 2 heterocycles. The quantitative estimate of drug-likeness (QED) is 0.521. The maximum Gasteiger partial charge on any atom is 1.00 e. The second kappa shape index (κ2) is 13.3. The van der Waals surface area contributed by atoms with Crippen molar-refractivity contribution in [1.82, 2.24) is 14.5 Å². The van der Waals surface area contributed by atoms with Crippen molar-refractivity contribution in [2.45, 2.75) is 34.2 Å². The summed E-state index contributed by atoms with van der Waals surface area (Å²) >= 11 is 0. The summed E-state index contributed by atoms with van der Waals surface area (Å²) in [6.07, 6.45) is 1.67. The molecule has 0 unspecified atom stereocenters. The minimum atomic E-state index is -0.223. The van der Waals surface area contributed by atoms with Crippen LogP contribution in [0.3, 0.4) is 0 Å². The van der Waals surface area contributed by atoms with Gasteiger partial charge in [-0.25, -0.2) is 4.98 Å². The Bertz CT molecular complexity index is 904. The predicted molar refractivity (Wildman–Crippen MR) is 106 cm³/mol. The zero-order chi connectivity index (χ0) is 17.4. The Morgan fingerprint density at radius 2 is 1.68 bits per heavy atom. The van der Waals surface area contributed by atoms with Crippen LogP contribution in [0.2, 0.25) is 0 Å². The first-order chi connectivity index (χ1) is 11.2. The van der Waals surface area contributed by atoms with Gasteiger partial charge in [0, 0.05) is 17.1 Å². The van der Waals surface area contributed by atoms with Crippen LogP contribution >= 0.6 is 0 Å². The number of hydrogen-bond acceptors (Lipinski definition) is 2. The van der Waals surface area contributed by atoms with Crippen LogP contribution in [0.25, 0.3) is 24.2 Å². The standard InChI is InChI=1S/C15H13N3O.2C2H6.CH3.K.H/c1-10-11(2)17-15(19)13-14(10)18(9-16-13)8-12-6-4-3-5-7-12;2*1-2;;;/h3-7,9H,1-2,8H2,(H,17,19);2*1-2H3;1H3;;/q;;;-1;+1;-1. The molecule has 0 bridgehead atoms. The molecule has 0 radical (unpaired) electrons. The SMILES string of the molecule is C=c1[nH]c(=O)c2ncn(Cc3ccccc3)c2c1=C.CC.CC.[CH3-].[H-].[K+]. The number of nitrogens with zero attached hydrogens (tertiary/aromatic N) is 2. The summed E-state index contributed by atoms with van der Waals surface area (Å²) in [6.45, 7) is 16.4. The normalized spacial score (nSPS) is 8.80. The van der Waals surface area contributed by atoms with E-state index in [1.54, 1.807) is 6.33 Å². The summed E-state index contributed by atoms with van der Waals surface area (Å²) in [5.74, 6) is 0. The Balaban J connectivity index is -0.000000709. The smallest absolute Gasteiger partial charge is 1.00 e. The fourth-order valence-electron chi connectivity index (χ4n) is 2.18. The van der Waals surface area contributed by atoms with E-state index in [1.165, 1.54) is 0 Å². The van der Waals surface area contributed by atoms with Crippen molar-refractivity contribution in [2.24, 2.45) is 0 Å². The van der Waals surface area contributed by atoms with E-state index in [4.69, 9.17) is 0 Å². The van der Waals surface area contributed by atoms with Gasteiger partial charge in [-0.2, -0.15) is 0 Å². The largest absolute Gasteiger partial charge is 1.00 e. The number of hydrogen-bond donors (Lipinski definition) is 1. The van der Waals surface area contributed by atoms with Gasteiger partial charge in [0.15, 0.2) is 5.52 Å². The van der Waals surface area contributed by atoms with Crippen LogP contribution < -0.4 is 67.5 Å². The van der Waals surface area contributed by atoms with Gasteiger partial charge >= 0.3 is 51.4 Å². The molecule has 0 aliphatic heterocycles. The topological polar surface area (TPSA) is 50.7 Å². The molecule has 25 heavy (non-hydrogen) atoms. The van der Waals surface area contributed by atoms with Crippen molar-refractivity contribution in [2.75, 3.05) is 0 Å². The summed E-state index contributed by atoms with van der Waals surface area (Å²) in [6, 6.07) is 10.0. The average Bonchev–Trinajstić information content (AvgIpc) is 3.02. The summed E-state index contributed by atoms with van der Waals surface area (Å²) < 4.78 is 1.93. The molecule has 2 aromatic heterocycles. The van der Waals surface area contributed by atoms with Crippen LogP contribution in [0.15, 0.2) is 41.5 Å². The first-order valence-corrected chi connectivity index (χ1v) is 7.96. The third-order valence-corrected chi connectivity index (χ3v) is 3.16. The maximum absolute atomic E-state index is 11.8. The summed E-state index contributed by atoms with van der Waals surface area (Å²) in [5.41, 5.74) is 2.08. The Kier molecular flexibility index (Phi) is 13.9. The number of aromatic amines is 1. The molecule has 0 amide bonds. The van der Waals surface area contributed by atoms with Crippen molar-refractivity contribution in [3.8, 4) is 0 Å². The first kappa shape index (κ1) is 26.2. The van der Waals surface area contributed by atoms with E-state index < -0.39 is 0 Å². The van der Waals surface area contributed by atoms with Crippen LogP contribution in [-0.2, 0) is 6.54 Å². The van der Waals surface area contributed by atoms with Crippen molar-refractivity contribution in [3.63, 3.8) is 0 Å². The maximum atomic E-state index is 11.8. The zero-order valence-corrected chi connectivity index (χ0v) is 19.5. The van der Waals surface area contributed by atoms with Crippen molar-refractivity contribution in [3.05, 3.63) is 70.6 Å². The third kappa shape index (κ3) is 6.35. The number of aromatic nitrogens is 3. The summed E-state index contributed by atoms with van der Waals surface area (Å²) in [5, 5.41) is 1.25. The van der Waals surface area contributed by atoms with Gasteiger partial charge in [0.05, 0.1) is 11.8 Å². The summed E-state index contributed by atoms with van der Waals surface area (Å²) in [7, 11) is 0. The van der Waals surface area contributed by atoms with E-state index in [9.17, 15) is 4.79 Å². The number of pyridine rings is 1. The number of fused-ring (bicyclic) bond motifs is 1. The number of imidazole rings is 1. The molecular weight excluding hydrogens is 337 g/mol. The molecule has 1 N–H and O–H groups in total. The average molecular weight is 367 g/mol. The van der Waals surface area contributed by atoms with Gasteiger partial charge in [-0.05, 0) is 5.56 Å². The van der Waals surface area contributed by atoms with E-state index in [2.05, 4.69) is 23.1 Å². The molecule has 3 aromatic rings. The molecule has 0 aliphatic carbocycles. The van der Waals surface area contributed by atoms with Gasteiger partial charge in [-0.15, -0.1) is 0 Å². The van der Waals surface area contributed by atoms with E-state index in [0.717, 1.165) is 11.1 Å². The number of nitrogens with one attached hydrogen (secondary N) is 1. The van der Waals surface area contributed by atoms with Crippen LogP contribution in [0.4, 0.5) is 0 Å². The molecule has 0 saturated carbocycles. The second-order valence-electron chi connectivity index (χ2n) is 4.47. The molecule has 5 heteroatoms. The predicted octanol–water partition coefficient (Wildman–Crippen LogP) is 0.213. The molecule has 0 saturated heterocycles. The van der Waals surface area contributed by atoms with E-state index in [0.29, 0.717) is 22.6 Å². The van der Waals surface area contributed by atoms with Crippen LogP contribution in [0, 0.1) is 7.43 Å². The first-order valence-electron chi connectivity index (χ1n) is 7.96. The molecule has 4 nitrogen and oxygen atoms in total. The van der Waals surface area contributed by atoms with E-state index >= 15 is 0 Å². The zero-order valence-electron chi connectivity index (χ0n) is 17.4. The Labute approximate surface area is 194 Å². The fourth-order valence-corrected chi connectivity index (χ4v) is 2.18. The Morgan fingerprint density at radius 3 is 2.24 bits per heavy atom. The van der Waals surface area contributed by atoms with Crippen LogP contribution in [0.5, 0.6) is 0 Å². The molecule has 1 aromatic carbocycles. The van der Waals surface area contributed by atoms with E-state index in [1.807, 2.05) is 62.6 Å². The van der Waals surface area contributed by atoms with Gasteiger partial charge in [0.1, 0.15) is 0 Å². The third-order valence-electron chi connectivity index (χ3n) is 3.16. The van der Waals surface area contributed by atoms with Gasteiger partial charge in [-0.1, -0.05) is 71.2 Å². The van der Waals surface area contributed by atoms with Gasteiger partial charge in [0.2, 0.25) is 0 Å². The Morgan fingerprint density at radius 1 is 1.12 bits per heavy atom.